The summed E-state index contributed by atoms with van der Waals surface area (Å²) in [5.41, 5.74) is 4.94. The van der Waals surface area contributed by atoms with E-state index in [1.807, 2.05) is 0 Å². The van der Waals surface area contributed by atoms with Crippen molar-refractivity contribution in [1.82, 2.24) is 15.1 Å². The number of allylic oxidation sites excluding steroid dienone is 4. The van der Waals surface area contributed by atoms with Gasteiger partial charge >= 0.3 is 0 Å². The average molecular weight is 452 g/mol. The summed E-state index contributed by atoms with van der Waals surface area (Å²) < 4.78 is 0. The Bertz CT molecular complexity index is 696. The summed E-state index contributed by atoms with van der Waals surface area (Å²) in [6.45, 7) is 30.9. The molecule has 3 fully saturated rings. The molecule has 2 saturated heterocycles. The molecule has 0 aromatic heterocycles. The van der Waals surface area contributed by atoms with Gasteiger partial charge in [0.25, 0.3) is 0 Å². The number of nitrogens with zero attached hydrogens (tertiary/aromatic N) is 2. The van der Waals surface area contributed by atoms with Gasteiger partial charge in [0, 0.05) is 26.2 Å². The van der Waals surface area contributed by atoms with Crippen LogP contribution in [0.2, 0.25) is 0 Å². The molecule has 1 N–H and O–H groups in total. The van der Waals surface area contributed by atoms with Crippen LogP contribution < -0.4 is 5.32 Å². The molecule has 0 atom stereocenters. The largest absolute Gasteiger partial charge is 0.372 e. The molecule has 0 aromatic rings. The van der Waals surface area contributed by atoms with Crippen LogP contribution in [0.4, 0.5) is 0 Å². The van der Waals surface area contributed by atoms with Crippen molar-refractivity contribution in [3.8, 4) is 0 Å². The zero-order valence-electron chi connectivity index (χ0n) is 21.6. The summed E-state index contributed by atoms with van der Waals surface area (Å²) in [6.07, 6.45) is 19.0. The zero-order chi connectivity index (χ0) is 24.7. The highest BCUT2D eigenvalue weighted by Gasteiger charge is 2.44. The standard InChI is InChI=1S/C15H23N.C11H18N2.2C2H4/c1-2-4-14(5-3-1)6-11-16-12-9-15(7-8-15)10-13-16;1-5-11-8-13(7-9(11)3)10(4)12-6-2;2*1-2/h2,4-5H,1,3,6-13H2;5,12H,3-4,6-8H2,1-2H3;2*1-2H2/b;11-5-;;. The first-order valence-electron chi connectivity index (χ1n) is 12.6. The van der Waals surface area contributed by atoms with Gasteiger partial charge in [-0.05, 0) is 88.4 Å². The van der Waals surface area contributed by atoms with Crippen LogP contribution in [-0.4, -0.2) is 49.1 Å². The van der Waals surface area contributed by atoms with Crippen molar-refractivity contribution >= 4 is 0 Å². The molecule has 0 radical (unpaired) electrons. The Labute approximate surface area is 205 Å². The minimum absolute atomic E-state index is 0.834. The summed E-state index contributed by atoms with van der Waals surface area (Å²) in [5.74, 6) is 1.00. The zero-order valence-corrected chi connectivity index (χ0v) is 21.6. The van der Waals surface area contributed by atoms with E-state index in [0.717, 1.165) is 30.9 Å². The maximum absolute atomic E-state index is 4.02. The first-order chi connectivity index (χ1) is 16.0. The van der Waals surface area contributed by atoms with Crippen LogP contribution in [0.25, 0.3) is 0 Å². The molecular formula is C30H49N3. The number of likely N-dealkylation sites (tertiary alicyclic amines) is 2. The van der Waals surface area contributed by atoms with E-state index in [0.29, 0.717) is 0 Å². The van der Waals surface area contributed by atoms with E-state index in [-0.39, 0.29) is 0 Å². The van der Waals surface area contributed by atoms with Gasteiger partial charge < -0.3 is 15.1 Å². The first kappa shape index (κ1) is 28.8. The van der Waals surface area contributed by atoms with E-state index in [1.54, 1.807) is 5.57 Å². The second-order valence-electron chi connectivity index (χ2n) is 9.10. The Morgan fingerprint density at radius 2 is 1.73 bits per heavy atom. The van der Waals surface area contributed by atoms with Crippen molar-refractivity contribution in [2.75, 3.05) is 39.3 Å². The van der Waals surface area contributed by atoms with E-state index in [9.17, 15) is 0 Å². The molecular weight excluding hydrogens is 402 g/mol. The van der Waals surface area contributed by atoms with E-state index < -0.39 is 0 Å². The molecule has 184 valence electrons. The molecule has 2 aliphatic carbocycles. The van der Waals surface area contributed by atoms with E-state index in [1.165, 1.54) is 75.7 Å². The van der Waals surface area contributed by atoms with Crippen LogP contribution in [0.15, 0.2) is 86.3 Å². The van der Waals surface area contributed by atoms with Crippen LogP contribution in [-0.2, 0) is 0 Å². The molecule has 1 spiro atoms. The number of piperidine rings is 1. The normalized spacial score (nSPS) is 21.6. The summed E-state index contributed by atoms with van der Waals surface area (Å²) in [6, 6.07) is 0. The fraction of sp³-hybridized carbons (Fsp3) is 0.533. The molecule has 4 rings (SSSR count). The summed E-state index contributed by atoms with van der Waals surface area (Å²) in [7, 11) is 0. The average Bonchev–Trinajstić information content (AvgIpc) is 3.52. The topological polar surface area (TPSA) is 18.5 Å². The Kier molecular flexibility index (Phi) is 13.6. The van der Waals surface area contributed by atoms with Gasteiger partial charge in [0.1, 0.15) is 0 Å². The smallest absolute Gasteiger partial charge is 0.0944 e. The van der Waals surface area contributed by atoms with Gasteiger partial charge in [-0.2, -0.15) is 0 Å². The maximum Gasteiger partial charge on any atom is 0.0944 e. The van der Waals surface area contributed by atoms with Gasteiger partial charge in [0.2, 0.25) is 0 Å². The third-order valence-corrected chi connectivity index (χ3v) is 6.97. The van der Waals surface area contributed by atoms with Crippen molar-refractivity contribution in [2.24, 2.45) is 5.41 Å². The Hall–Kier alpha value is -2.26. The molecule has 0 amide bonds. The van der Waals surface area contributed by atoms with Gasteiger partial charge in [-0.15, -0.1) is 26.3 Å². The first-order valence-corrected chi connectivity index (χ1v) is 12.6. The third-order valence-electron chi connectivity index (χ3n) is 6.97. The van der Waals surface area contributed by atoms with Crippen LogP contribution in [0, 0.1) is 5.41 Å². The third kappa shape index (κ3) is 9.63. The molecule has 3 nitrogen and oxygen atoms in total. The van der Waals surface area contributed by atoms with Crippen LogP contribution >= 0.6 is 0 Å². The Balaban J connectivity index is 0.000000293. The number of hydrogen-bond acceptors (Lipinski definition) is 3. The quantitative estimate of drug-likeness (QED) is 0.438. The second kappa shape index (κ2) is 15.6. The highest BCUT2D eigenvalue weighted by molar-refractivity contribution is 5.36. The molecule has 1 saturated carbocycles. The summed E-state index contributed by atoms with van der Waals surface area (Å²) in [5, 5.41) is 3.22. The van der Waals surface area contributed by atoms with E-state index >= 15 is 0 Å². The lowest BCUT2D eigenvalue weighted by Crippen LogP contribution is -2.35. The predicted molar refractivity (Wildman–Crippen MR) is 148 cm³/mol. The molecule has 2 heterocycles. The summed E-state index contributed by atoms with van der Waals surface area (Å²) >= 11 is 0. The molecule has 0 bridgehead atoms. The van der Waals surface area contributed by atoms with Crippen LogP contribution in [0.3, 0.4) is 0 Å². The Morgan fingerprint density at radius 3 is 2.21 bits per heavy atom. The van der Waals surface area contributed by atoms with Crippen molar-refractivity contribution in [2.45, 2.75) is 58.8 Å². The van der Waals surface area contributed by atoms with Gasteiger partial charge in [-0.1, -0.05) is 43.0 Å². The minimum Gasteiger partial charge on any atom is -0.372 e. The van der Waals surface area contributed by atoms with Crippen molar-refractivity contribution in [1.29, 1.82) is 0 Å². The fourth-order valence-electron chi connectivity index (χ4n) is 4.58. The van der Waals surface area contributed by atoms with Gasteiger partial charge in [-0.3, -0.25) is 0 Å². The van der Waals surface area contributed by atoms with E-state index in [2.05, 4.69) is 92.7 Å². The van der Waals surface area contributed by atoms with Crippen LogP contribution in [0.5, 0.6) is 0 Å². The van der Waals surface area contributed by atoms with E-state index in [4.69, 9.17) is 0 Å². The fourth-order valence-corrected chi connectivity index (χ4v) is 4.58. The SMILES string of the molecule is C1=CC(CCN2CCC3(CC2)CC3)=CCC1.C=C.C=C.C=C1CN(C(=C)NCC)C/C1=C/C. The van der Waals surface area contributed by atoms with Gasteiger partial charge in [0.05, 0.1) is 5.82 Å². The predicted octanol–water partition coefficient (Wildman–Crippen LogP) is 7.02. The van der Waals surface area contributed by atoms with Crippen molar-refractivity contribution in [3.05, 3.63) is 86.3 Å². The Morgan fingerprint density at radius 1 is 1.06 bits per heavy atom. The molecule has 2 aliphatic heterocycles. The second-order valence-corrected chi connectivity index (χ2v) is 9.10. The molecule has 4 aliphatic rings. The lowest BCUT2D eigenvalue weighted by molar-refractivity contribution is 0.175. The van der Waals surface area contributed by atoms with Crippen molar-refractivity contribution in [3.63, 3.8) is 0 Å². The molecule has 3 heteroatoms. The van der Waals surface area contributed by atoms with Gasteiger partial charge in [-0.25, -0.2) is 0 Å². The monoisotopic (exact) mass is 451 g/mol. The lowest BCUT2D eigenvalue weighted by atomic mass is 9.93. The van der Waals surface area contributed by atoms with Crippen LogP contribution in [0.1, 0.15) is 58.8 Å². The molecule has 0 unspecified atom stereocenters. The van der Waals surface area contributed by atoms with Crippen molar-refractivity contribution < 1.29 is 0 Å². The molecule has 0 aromatic carbocycles. The lowest BCUT2D eigenvalue weighted by Gasteiger charge is -2.32. The molecule has 33 heavy (non-hydrogen) atoms. The number of nitrogens with one attached hydrogen (secondary N) is 1. The number of hydrogen-bond donors (Lipinski definition) is 1. The summed E-state index contributed by atoms with van der Waals surface area (Å²) in [4.78, 5) is 4.88. The minimum atomic E-state index is 0.834. The highest BCUT2D eigenvalue weighted by atomic mass is 15.2. The van der Waals surface area contributed by atoms with Gasteiger partial charge in [0.15, 0.2) is 0 Å². The maximum atomic E-state index is 4.02. The highest BCUT2D eigenvalue weighted by Crippen LogP contribution is 2.53. The number of rotatable bonds is 6.